The van der Waals surface area contributed by atoms with Gasteiger partial charge in [-0.05, 0) is 49.6 Å². The number of hydrogen-bond donors (Lipinski definition) is 1. The number of pyridine rings is 1. The van der Waals surface area contributed by atoms with Crippen molar-refractivity contribution in [3.05, 3.63) is 77.5 Å². The lowest BCUT2D eigenvalue weighted by atomic mass is 10.0. The van der Waals surface area contributed by atoms with Gasteiger partial charge in [0.2, 0.25) is 0 Å². The molecule has 0 saturated heterocycles. The summed E-state index contributed by atoms with van der Waals surface area (Å²) >= 11 is 0. The van der Waals surface area contributed by atoms with Gasteiger partial charge in [0.25, 0.3) is 5.91 Å². The van der Waals surface area contributed by atoms with E-state index in [9.17, 15) is 4.79 Å². The number of benzene rings is 1. The van der Waals surface area contributed by atoms with E-state index in [1.807, 2.05) is 49.4 Å². The van der Waals surface area contributed by atoms with Crippen molar-refractivity contribution in [2.24, 2.45) is 0 Å². The first-order valence-corrected chi connectivity index (χ1v) is 8.74. The van der Waals surface area contributed by atoms with E-state index in [0.717, 1.165) is 29.4 Å². The monoisotopic (exact) mass is 348 g/mol. The fraction of sp³-hybridized carbons (Fsp3) is 0.238. The normalized spacial score (nSPS) is 15.6. The Balaban J connectivity index is 1.71. The molecular weight excluding hydrogens is 328 g/mol. The van der Waals surface area contributed by atoms with E-state index < -0.39 is 0 Å². The second-order valence-corrected chi connectivity index (χ2v) is 6.36. The van der Waals surface area contributed by atoms with Crippen LogP contribution in [-0.2, 0) is 9.53 Å². The van der Waals surface area contributed by atoms with Crippen LogP contribution in [0.15, 0.2) is 70.6 Å². The standard InChI is InChI=1S/C21H20N2O3/c1-14-17(6-4-12-25-14)21(24)23-20(15-8-10-22-11-9-15)19-13-16-5-2-3-7-18(16)26-19/h2-3,5,7-11,13,20H,4,6,12H2,1H3,(H,23,24)/t20-/m0/s1. The molecule has 2 aromatic heterocycles. The summed E-state index contributed by atoms with van der Waals surface area (Å²) in [7, 11) is 0. The highest BCUT2D eigenvalue weighted by Crippen LogP contribution is 2.29. The Hall–Kier alpha value is -3.08. The number of carbonyl (C=O) groups excluding carboxylic acids is 1. The van der Waals surface area contributed by atoms with Gasteiger partial charge in [-0.1, -0.05) is 18.2 Å². The maximum Gasteiger partial charge on any atom is 0.251 e. The number of furan rings is 1. The maximum atomic E-state index is 12.9. The highest BCUT2D eigenvalue weighted by molar-refractivity contribution is 5.94. The Bertz CT molecular complexity index is 927. The van der Waals surface area contributed by atoms with E-state index in [1.165, 1.54) is 0 Å². The van der Waals surface area contributed by atoms with Crippen LogP contribution < -0.4 is 5.32 Å². The Morgan fingerprint density at radius 2 is 2.00 bits per heavy atom. The molecule has 1 aliphatic heterocycles. The summed E-state index contributed by atoms with van der Waals surface area (Å²) in [4.78, 5) is 16.9. The van der Waals surface area contributed by atoms with Gasteiger partial charge in [0.15, 0.2) is 0 Å². The number of rotatable bonds is 4. The van der Waals surface area contributed by atoms with Crippen molar-refractivity contribution in [2.75, 3.05) is 6.61 Å². The van der Waals surface area contributed by atoms with Crippen LogP contribution in [0, 0.1) is 0 Å². The van der Waals surface area contributed by atoms with E-state index in [0.29, 0.717) is 23.7 Å². The highest BCUT2D eigenvalue weighted by Gasteiger charge is 2.25. The average Bonchev–Trinajstić information content (AvgIpc) is 3.11. The smallest absolute Gasteiger partial charge is 0.251 e. The molecule has 0 spiro atoms. The largest absolute Gasteiger partial charge is 0.498 e. The van der Waals surface area contributed by atoms with Gasteiger partial charge in [-0.15, -0.1) is 0 Å². The van der Waals surface area contributed by atoms with Crippen molar-refractivity contribution < 1.29 is 13.9 Å². The zero-order valence-corrected chi connectivity index (χ0v) is 14.6. The molecule has 0 unspecified atom stereocenters. The third-order valence-electron chi connectivity index (χ3n) is 4.63. The molecule has 1 aromatic carbocycles. The van der Waals surface area contributed by atoms with Crippen LogP contribution >= 0.6 is 0 Å². The molecule has 0 bridgehead atoms. The molecule has 4 rings (SSSR count). The molecule has 0 aliphatic carbocycles. The fourth-order valence-electron chi connectivity index (χ4n) is 3.25. The third-order valence-corrected chi connectivity index (χ3v) is 4.63. The second kappa shape index (κ2) is 7.04. The molecule has 5 nitrogen and oxygen atoms in total. The van der Waals surface area contributed by atoms with Gasteiger partial charge in [0, 0.05) is 17.8 Å². The van der Waals surface area contributed by atoms with E-state index >= 15 is 0 Å². The molecule has 0 radical (unpaired) electrons. The quantitative estimate of drug-likeness (QED) is 0.770. The van der Waals surface area contributed by atoms with E-state index in [2.05, 4.69) is 10.3 Å². The lowest BCUT2D eigenvalue weighted by Gasteiger charge is -2.22. The zero-order chi connectivity index (χ0) is 17.9. The lowest BCUT2D eigenvalue weighted by molar-refractivity contribution is -0.118. The molecule has 1 amide bonds. The van der Waals surface area contributed by atoms with Gasteiger partial charge < -0.3 is 14.5 Å². The molecule has 0 saturated carbocycles. The molecule has 132 valence electrons. The average molecular weight is 348 g/mol. The molecule has 3 aromatic rings. The number of allylic oxidation sites excluding steroid dienone is 1. The molecule has 3 heterocycles. The number of nitrogens with one attached hydrogen (secondary N) is 1. The number of ether oxygens (including phenoxy) is 1. The van der Waals surface area contributed by atoms with Crippen LogP contribution in [-0.4, -0.2) is 17.5 Å². The van der Waals surface area contributed by atoms with E-state index in [4.69, 9.17) is 9.15 Å². The number of amides is 1. The zero-order valence-electron chi connectivity index (χ0n) is 14.6. The van der Waals surface area contributed by atoms with Gasteiger partial charge in [-0.2, -0.15) is 0 Å². The molecule has 1 N–H and O–H groups in total. The number of nitrogens with zero attached hydrogens (tertiary/aromatic N) is 1. The maximum absolute atomic E-state index is 12.9. The van der Waals surface area contributed by atoms with Gasteiger partial charge in [-0.3, -0.25) is 9.78 Å². The first-order chi connectivity index (χ1) is 12.7. The Kier molecular flexibility index (Phi) is 4.44. The lowest BCUT2D eigenvalue weighted by Crippen LogP contribution is -2.32. The molecule has 5 heteroatoms. The van der Waals surface area contributed by atoms with Crippen LogP contribution in [0.1, 0.15) is 37.1 Å². The number of aromatic nitrogens is 1. The Morgan fingerprint density at radius 1 is 1.19 bits per heavy atom. The summed E-state index contributed by atoms with van der Waals surface area (Å²) in [5.41, 5.74) is 2.42. The van der Waals surface area contributed by atoms with Crippen molar-refractivity contribution in [1.82, 2.24) is 10.3 Å². The fourth-order valence-corrected chi connectivity index (χ4v) is 3.25. The van der Waals surface area contributed by atoms with E-state index in [1.54, 1.807) is 12.4 Å². The van der Waals surface area contributed by atoms with Crippen molar-refractivity contribution in [3.63, 3.8) is 0 Å². The number of carbonyl (C=O) groups is 1. The summed E-state index contributed by atoms with van der Waals surface area (Å²) in [6.07, 6.45) is 5.00. The van der Waals surface area contributed by atoms with Crippen molar-refractivity contribution in [1.29, 1.82) is 0 Å². The van der Waals surface area contributed by atoms with Crippen LogP contribution in [0.25, 0.3) is 11.0 Å². The van der Waals surface area contributed by atoms with Crippen LogP contribution in [0.3, 0.4) is 0 Å². The molecular formula is C21H20N2O3. The first-order valence-electron chi connectivity index (χ1n) is 8.74. The van der Waals surface area contributed by atoms with Crippen molar-refractivity contribution in [3.8, 4) is 0 Å². The number of para-hydroxylation sites is 1. The van der Waals surface area contributed by atoms with Crippen molar-refractivity contribution >= 4 is 16.9 Å². The van der Waals surface area contributed by atoms with Gasteiger partial charge >= 0.3 is 0 Å². The van der Waals surface area contributed by atoms with Crippen LogP contribution in [0.2, 0.25) is 0 Å². The summed E-state index contributed by atoms with van der Waals surface area (Å²) in [5.74, 6) is 1.28. The topological polar surface area (TPSA) is 64.4 Å². The number of hydrogen-bond acceptors (Lipinski definition) is 4. The second-order valence-electron chi connectivity index (χ2n) is 6.36. The predicted molar refractivity (Wildman–Crippen MR) is 98.3 cm³/mol. The minimum Gasteiger partial charge on any atom is -0.498 e. The van der Waals surface area contributed by atoms with Crippen LogP contribution in [0.5, 0.6) is 0 Å². The third kappa shape index (κ3) is 3.20. The SMILES string of the molecule is CC1=C(C(=O)N[C@@H](c2ccncc2)c2cc3ccccc3o2)CCCO1. The van der Waals surface area contributed by atoms with E-state index in [-0.39, 0.29) is 11.9 Å². The van der Waals surface area contributed by atoms with Gasteiger partial charge in [0.1, 0.15) is 23.1 Å². The van der Waals surface area contributed by atoms with Crippen molar-refractivity contribution in [2.45, 2.75) is 25.8 Å². The van der Waals surface area contributed by atoms with Crippen LogP contribution in [0.4, 0.5) is 0 Å². The summed E-state index contributed by atoms with van der Waals surface area (Å²) in [6.45, 7) is 2.51. The molecule has 1 atom stereocenters. The highest BCUT2D eigenvalue weighted by atomic mass is 16.5. The summed E-state index contributed by atoms with van der Waals surface area (Å²) in [5, 5.41) is 4.12. The minimum absolute atomic E-state index is 0.121. The predicted octanol–water partition coefficient (Wildman–Crippen LogP) is 4.12. The molecule has 1 aliphatic rings. The Morgan fingerprint density at radius 3 is 2.77 bits per heavy atom. The first kappa shape index (κ1) is 16.4. The Labute approximate surface area is 151 Å². The molecule has 26 heavy (non-hydrogen) atoms. The van der Waals surface area contributed by atoms with Gasteiger partial charge in [0.05, 0.1) is 12.2 Å². The molecule has 0 fully saturated rings. The summed E-state index contributed by atoms with van der Waals surface area (Å²) in [6, 6.07) is 13.2. The van der Waals surface area contributed by atoms with Gasteiger partial charge in [-0.25, -0.2) is 0 Å². The number of fused-ring (bicyclic) bond motifs is 1. The minimum atomic E-state index is -0.389. The summed E-state index contributed by atoms with van der Waals surface area (Å²) < 4.78 is 11.6.